The Morgan fingerprint density at radius 2 is 1.88 bits per heavy atom. The minimum Gasteiger partial charge on any atom is -0.454 e. The molecule has 0 bridgehead atoms. The monoisotopic (exact) mass is 418 g/mol. The van der Waals surface area contributed by atoms with E-state index in [1.54, 1.807) is 0 Å². The maximum absolute atomic E-state index is 12.4. The third-order valence-corrected chi connectivity index (χ3v) is 6.59. The Morgan fingerprint density at radius 1 is 1.19 bits per heavy atom. The highest BCUT2D eigenvalue weighted by Crippen LogP contribution is 2.31. The Kier molecular flexibility index (Phi) is 5.47. The van der Waals surface area contributed by atoms with Crippen LogP contribution in [0.3, 0.4) is 0 Å². The van der Waals surface area contributed by atoms with Gasteiger partial charge in [-0.15, -0.1) is 0 Å². The summed E-state index contributed by atoms with van der Waals surface area (Å²) >= 11 is 11.7. The van der Waals surface area contributed by atoms with Gasteiger partial charge in [-0.1, -0.05) is 23.2 Å². The highest BCUT2D eigenvalue weighted by Gasteiger charge is 2.30. The molecule has 0 amide bonds. The van der Waals surface area contributed by atoms with Crippen LogP contribution in [0.2, 0.25) is 10.0 Å². The lowest BCUT2D eigenvalue weighted by atomic mass is 10.2. The molecule has 1 aromatic heterocycles. The fourth-order valence-corrected chi connectivity index (χ4v) is 4.36. The van der Waals surface area contributed by atoms with Crippen LogP contribution in [0.25, 0.3) is 0 Å². The molecule has 0 aliphatic carbocycles. The molecule has 10 heteroatoms. The second-order valence-corrected chi connectivity index (χ2v) is 8.38. The molecule has 7 nitrogen and oxygen atoms in total. The average Bonchev–Trinajstić information content (AvgIpc) is 3.29. The summed E-state index contributed by atoms with van der Waals surface area (Å²) in [6.07, 6.45) is 1.66. The summed E-state index contributed by atoms with van der Waals surface area (Å²) in [7, 11) is -3.65. The van der Waals surface area contributed by atoms with Crippen molar-refractivity contribution in [2.24, 2.45) is 0 Å². The van der Waals surface area contributed by atoms with Crippen LogP contribution in [0, 0.1) is 0 Å². The van der Waals surface area contributed by atoms with E-state index >= 15 is 0 Å². The second kappa shape index (κ2) is 7.48. The predicted octanol–water partition coefficient (Wildman–Crippen LogP) is 3.31. The van der Waals surface area contributed by atoms with Crippen LogP contribution in [-0.4, -0.2) is 31.8 Å². The normalized spacial score (nSPS) is 15.3. The Hall–Kier alpha value is -1.74. The minimum atomic E-state index is -3.65. The van der Waals surface area contributed by atoms with Crippen LogP contribution in [0.4, 0.5) is 5.69 Å². The average molecular weight is 419 g/mol. The number of anilines is 1. The molecule has 1 fully saturated rings. The third-order valence-electron chi connectivity index (χ3n) is 3.99. The highest BCUT2D eigenvalue weighted by molar-refractivity contribution is 7.89. The van der Waals surface area contributed by atoms with Gasteiger partial charge in [-0.05, 0) is 37.1 Å². The molecule has 0 spiro atoms. The van der Waals surface area contributed by atoms with Gasteiger partial charge in [0.15, 0.2) is 0 Å². The minimum absolute atomic E-state index is 0.0147. The van der Waals surface area contributed by atoms with Gasteiger partial charge in [-0.25, -0.2) is 13.2 Å². The number of nitrogen functional groups attached to an aromatic ring is 1. The van der Waals surface area contributed by atoms with Crippen molar-refractivity contribution in [3.8, 4) is 0 Å². The molecule has 1 aliphatic rings. The number of ether oxygens (including phenoxy) is 1. The Morgan fingerprint density at radius 3 is 2.58 bits per heavy atom. The first-order valence-electron chi connectivity index (χ1n) is 7.80. The van der Waals surface area contributed by atoms with E-state index < -0.39 is 16.0 Å². The predicted molar refractivity (Wildman–Crippen MR) is 96.7 cm³/mol. The van der Waals surface area contributed by atoms with E-state index in [0.717, 1.165) is 12.8 Å². The second-order valence-electron chi connectivity index (χ2n) is 5.73. The molecule has 2 heterocycles. The molecule has 0 radical (unpaired) electrons. The van der Waals surface area contributed by atoms with Gasteiger partial charge in [-0.2, -0.15) is 4.31 Å². The summed E-state index contributed by atoms with van der Waals surface area (Å²) in [5.41, 5.74) is 5.84. The number of hydrogen-bond donors (Lipinski definition) is 1. The lowest BCUT2D eigenvalue weighted by Gasteiger charge is -2.12. The van der Waals surface area contributed by atoms with Gasteiger partial charge in [0.05, 0.1) is 21.3 Å². The number of esters is 1. The number of carbonyl (C=O) groups is 1. The van der Waals surface area contributed by atoms with E-state index in [9.17, 15) is 13.2 Å². The molecule has 0 saturated carbocycles. The van der Waals surface area contributed by atoms with Gasteiger partial charge in [-0.3, -0.25) is 0 Å². The molecule has 1 aliphatic heterocycles. The maximum Gasteiger partial charge on any atom is 0.340 e. The van der Waals surface area contributed by atoms with Crippen LogP contribution >= 0.6 is 23.2 Å². The van der Waals surface area contributed by atoms with Crippen molar-refractivity contribution in [3.63, 3.8) is 0 Å². The first kappa shape index (κ1) is 19.0. The SMILES string of the molecule is Nc1c(C(=O)OCc2ccc(S(=O)(=O)N3CCCC3)o2)ccc(Cl)c1Cl. The summed E-state index contributed by atoms with van der Waals surface area (Å²) < 4.78 is 36.6. The first-order valence-corrected chi connectivity index (χ1v) is 10.00. The number of benzene rings is 1. The number of halogens is 2. The van der Waals surface area contributed by atoms with Crippen molar-refractivity contribution < 1.29 is 22.4 Å². The molecule has 0 atom stereocenters. The van der Waals surface area contributed by atoms with E-state index in [2.05, 4.69) is 0 Å². The van der Waals surface area contributed by atoms with Crippen molar-refractivity contribution in [3.05, 3.63) is 45.6 Å². The van der Waals surface area contributed by atoms with E-state index in [1.165, 1.54) is 28.6 Å². The summed E-state index contributed by atoms with van der Waals surface area (Å²) in [5, 5.41) is 0.126. The van der Waals surface area contributed by atoms with Gasteiger partial charge in [0, 0.05) is 13.1 Å². The maximum atomic E-state index is 12.4. The smallest absolute Gasteiger partial charge is 0.340 e. The topological polar surface area (TPSA) is 103 Å². The lowest BCUT2D eigenvalue weighted by molar-refractivity contribution is 0.0442. The van der Waals surface area contributed by atoms with Crippen LogP contribution in [-0.2, 0) is 21.4 Å². The number of hydrogen-bond acceptors (Lipinski definition) is 6. The fraction of sp³-hybridized carbons (Fsp3) is 0.312. The zero-order valence-corrected chi connectivity index (χ0v) is 15.9. The van der Waals surface area contributed by atoms with Crippen molar-refractivity contribution >= 4 is 44.9 Å². The molecular weight excluding hydrogens is 403 g/mol. The molecule has 0 unspecified atom stereocenters. The summed E-state index contributed by atoms with van der Waals surface area (Å²) in [6, 6.07) is 5.64. The van der Waals surface area contributed by atoms with Gasteiger partial charge in [0.2, 0.25) is 5.09 Å². The standard InChI is InChI=1S/C16H16Cl2N2O5S/c17-12-5-4-11(15(19)14(12)18)16(21)24-9-10-3-6-13(25-10)26(22,23)20-7-1-2-8-20/h3-6H,1-2,7-9,19H2. The van der Waals surface area contributed by atoms with Crippen LogP contribution in [0.15, 0.2) is 33.8 Å². The molecule has 1 saturated heterocycles. The van der Waals surface area contributed by atoms with Gasteiger partial charge in [0.25, 0.3) is 10.0 Å². The summed E-state index contributed by atoms with van der Waals surface area (Å²) in [5.74, 6) is -0.517. The highest BCUT2D eigenvalue weighted by atomic mass is 35.5. The molecule has 3 rings (SSSR count). The van der Waals surface area contributed by atoms with E-state index in [-0.39, 0.29) is 38.8 Å². The van der Waals surface area contributed by atoms with Crippen molar-refractivity contribution in [2.75, 3.05) is 18.8 Å². The zero-order chi connectivity index (χ0) is 18.9. The number of carbonyl (C=O) groups excluding carboxylic acids is 1. The Balaban J connectivity index is 1.69. The van der Waals surface area contributed by atoms with Crippen LogP contribution < -0.4 is 5.73 Å². The summed E-state index contributed by atoms with van der Waals surface area (Å²) in [6.45, 7) is 0.710. The molecule has 140 valence electrons. The van der Waals surface area contributed by atoms with E-state index in [0.29, 0.717) is 13.1 Å². The van der Waals surface area contributed by atoms with Gasteiger partial charge >= 0.3 is 5.97 Å². The Bertz CT molecular complexity index is 936. The van der Waals surface area contributed by atoms with Crippen molar-refractivity contribution in [1.82, 2.24) is 4.31 Å². The Labute approximate surface area is 160 Å². The first-order chi connectivity index (χ1) is 12.3. The number of nitrogens with zero attached hydrogens (tertiary/aromatic N) is 1. The van der Waals surface area contributed by atoms with Gasteiger partial charge < -0.3 is 14.9 Å². The number of rotatable bonds is 5. The van der Waals surface area contributed by atoms with Gasteiger partial charge in [0.1, 0.15) is 12.4 Å². The third kappa shape index (κ3) is 3.68. The molecule has 1 aromatic carbocycles. The van der Waals surface area contributed by atoms with Crippen molar-refractivity contribution in [1.29, 1.82) is 0 Å². The van der Waals surface area contributed by atoms with E-state index in [1.807, 2.05) is 0 Å². The molecule has 26 heavy (non-hydrogen) atoms. The fourth-order valence-electron chi connectivity index (χ4n) is 2.59. The lowest BCUT2D eigenvalue weighted by Crippen LogP contribution is -2.27. The number of nitrogens with two attached hydrogens (primary N) is 1. The molecule has 2 N–H and O–H groups in total. The zero-order valence-electron chi connectivity index (χ0n) is 13.6. The largest absolute Gasteiger partial charge is 0.454 e. The number of furan rings is 1. The molecule has 2 aromatic rings. The van der Waals surface area contributed by atoms with Crippen LogP contribution in [0.5, 0.6) is 0 Å². The summed E-state index contributed by atoms with van der Waals surface area (Å²) in [4.78, 5) is 12.1. The van der Waals surface area contributed by atoms with E-state index in [4.69, 9.17) is 38.1 Å². The molecular formula is C16H16Cl2N2O5S. The number of sulfonamides is 1. The quantitative estimate of drug-likeness (QED) is 0.589. The van der Waals surface area contributed by atoms with Crippen molar-refractivity contribution in [2.45, 2.75) is 24.5 Å². The van der Waals surface area contributed by atoms with Crippen LogP contribution in [0.1, 0.15) is 29.0 Å².